The summed E-state index contributed by atoms with van der Waals surface area (Å²) in [5.74, 6) is 0.746. The fourth-order valence-electron chi connectivity index (χ4n) is 2.80. The Kier molecular flexibility index (Phi) is 3.84. The lowest BCUT2D eigenvalue weighted by Crippen LogP contribution is -2.37. The normalized spacial score (nSPS) is 20.6. The Morgan fingerprint density at radius 3 is 2.82 bits per heavy atom. The van der Waals surface area contributed by atoms with Crippen LogP contribution in [0.1, 0.15) is 51.0 Å². The van der Waals surface area contributed by atoms with Gasteiger partial charge in [0.05, 0.1) is 0 Å². The Hall–Kier alpha value is -0.870. The summed E-state index contributed by atoms with van der Waals surface area (Å²) in [6.07, 6.45) is 8.20. The molecule has 0 aromatic carbocycles. The average molecular weight is 238 g/mol. The van der Waals surface area contributed by atoms with Crippen molar-refractivity contribution in [2.45, 2.75) is 57.3 Å². The summed E-state index contributed by atoms with van der Waals surface area (Å²) in [4.78, 5) is 4.31. The van der Waals surface area contributed by atoms with Crippen LogP contribution in [0.2, 0.25) is 0 Å². The zero-order chi connectivity index (χ0) is 12.3. The van der Waals surface area contributed by atoms with Crippen molar-refractivity contribution >= 4 is 0 Å². The molecule has 17 heavy (non-hydrogen) atoms. The summed E-state index contributed by atoms with van der Waals surface area (Å²) >= 11 is 0. The highest BCUT2D eigenvalue weighted by molar-refractivity contribution is 5.06. The van der Waals surface area contributed by atoms with Crippen molar-refractivity contribution in [1.29, 1.82) is 0 Å². The van der Waals surface area contributed by atoms with Crippen molar-refractivity contribution in [3.05, 3.63) is 18.2 Å². The number of methoxy groups -OCH3 is 1. The molecule has 1 saturated carbocycles. The quantitative estimate of drug-likeness (QED) is 0.856. The molecule has 0 radical (unpaired) electrons. The largest absolute Gasteiger partial charge is 0.382 e. The highest BCUT2D eigenvalue weighted by Crippen LogP contribution is 2.41. The van der Waals surface area contributed by atoms with Crippen molar-refractivity contribution in [3.8, 4) is 0 Å². The van der Waals surface area contributed by atoms with E-state index in [2.05, 4.69) is 11.9 Å². The molecule has 0 amide bonds. The molecule has 1 atom stereocenters. The van der Waals surface area contributed by atoms with Gasteiger partial charge in [-0.1, -0.05) is 19.8 Å². The number of hydrogen-bond acceptors (Lipinski definition) is 3. The minimum atomic E-state index is -0.614. The third-order valence-corrected chi connectivity index (χ3v) is 3.81. The minimum absolute atomic E-state index is 0.420. The lowest BCUT2D eigenvalue weighted by molar-refractivity contribution is -0.104. The number of imidazole rings is 1. The molecular weight excluding hydrogens is 216 g/mol. The van der Waals surface area contributed by atoms with Crippen LogP contribution in [0.15, 0.2) is 12.4 Å². The van der Waals surface area contributed by atoms with Gasteiger partial charge in [-0.15, -0.1) is 0 Å². The van der Waals surface area contributed by atoms with Gasteiger partial charge in [-0.2, -0.15) is 0 Å². The van der Waals surface area contributed by atoms with E-state index in [-0.39, 0.29) is 0 Å². The summed E-state index contributed by atoms with van der Waals surface area (Å²) in [5, 5.41) is 10.6. The molecule has 1 aliphatic rings. The van der Waals surface area contributed by atoms with Gasteiger partial charge in [-0.05, 0) is 19.3 Å². The molecule has 1 fully saturated rings. The molecule has 1 N–H and O–H groups in total. The van der Waals surface area contributed by atoms with Gasteiger partial charge < -0.3 is 14.4 Å². The Morgan fingerprint density at radius 2 is 2.24 bits per heavy atom. The second kappa shape index (κ2) is 5.19. The van der Waals surface area contributed by atoms with Gasteiger partial charge in [0.15, 0.2) is 0 Å². The second-order valence-electron chi connectivity index (χ2n) is 4.86. The molecule has 1 aromatic heterocycles. The van der Waals surface area contributed by atoms with E-state index in [9.17, 15) is 5.11 Å². The van der Waals surface area contributed by atoms with Gasteiger partial charge in [-0.25, -0.2) is 4.98 Å². The number of aromatic nitrogens is 2. The third-order valence-electron chi connectivity index (χ3n) is 3.81. The molecule has 4 nitrogen and oxygen atoms in total. The van der Waals surface area contributed by atoms with Crippen LogP contribution >= 0.6 is 0 Å². The van der Waals surface area contributed by atoms with Crippen molar-refractivity contribution < 1.29 is 9.84 Å². The summed E-state index contributed by atoms with van der Waals surface area (Å²) in [5.41, 5.74) is -0.420. The van der Waals surface area contributed by atoms with Crippen molar-refractivity contribution in [2.75, 3.05) is 7.11 Å². The van der Waals surface area contributed by atoms with Gasteiger partial charge in [0.1, 0.15) is 17.5 Å². The third kappa shape index (κ3) is 2.24. The van der Waals surface area contributed by atoms with E-state index in [1.807, 2.05) is 10.8 Å². The SMILES string of the molecule is CCCn1ccnc1C(O)C1(OC)CCCC1. The fraction of sp³-hybridized carbons (Fsp3) is 0.769. The zero-order valence-corrected chi connectivity index (χ0v) is 10.7. The van der Waals surface area contributed by atoms with E-state index in [4.69, 9.17) is 4.74 Å². The van der Waals surface area contributed by atoms with E-state index in [0.29, 0.717) is 0 Å². The smallest absolute Gasteiger partial charge is 0.141 e. The number of aliphatic hydroxyl groups excluding tert-OH is 1. The Morgan fingerprint density at radius 1 is 1.53 bits per heavy atom. The van der Waals surface area contributed by atoms with E-state index in [1.165, 1.54) is 0 Å². The summed E-state index contributed by atoms with van der Waals surface area (Å²) in [6, 6.07) is 0. The maximum absolute atomic E-state index is 10.6. The van der Waals surface area contributed by atoms with E-state index in [0.717, 1.165) is 44.5 Å². The first kappa shape index (κ1) is 12.6. The van der Waals surface area contributed by atoms with Gasteiger partial charge in [-0.3, -0.25) is 0 Å². The Bertz CT molecular complexity index is 356. The molecular formula is C13H22N2O2. The number of ether oxygens (including phenoxy) is 1. The lowest BCUT2D eigenvalue weighted by atomic mass is 9.93. The summed E-state index contributed by atoms with van der Waals surface area (Å²) < 4.78 is 7.65. The predicted molar refractivity (Wildman–Crippen MR) is 65.7 cm³/mol. The van der Waals surface area contributed by atoms with Crippen molar-refractivity contribution in [3.63, 3.8) is 0 Å². The molecule has 0 aliphatic heterocycles. The number of aliphatic hydroxyl groups is 1. The van der Waals surface area contributed by atoms with Crippen LogP contribution < -0.4 is 0 Å². The minimum Gasteiger partial charge on any atom is -0.382 e. The maximum Gasteiger partial charge on any atom is 0.141 e. The van der Waals surface area contributed by atoms with Gasteiger partial charge >= 0.3 is 0 Å². The molecule has 1 aliphatic carbocycles. The zero-order valence-electron chi connectivity index (χ0n) is 10.7. The topological polar surface area (TPSA) is 47.3 Å². The molecule has 0 bridgehead atoms. The van der Waals surface area contributed by atoms with Crippen LogP contribution in [0.25, 0.3) is 0 Å². The number of aryl methyl sites for hydroxylation is 1. The molecule has 96 valence electrons. The number of rotatable bonds is 5. The fourth-order valence-corrected chi connectivity index (χ4v) is 2.80. The van der Waals surface area contributed by atoms with Gasteiger partial charge in [0.2, 0.25) is 0 Å². The lowest BCUT2D eigenvalue weighted by Gasteiger charge is -2.32. The van der Waals surface area contributed by atoms with Crippen molar-refractivity contribution in [2.24, 2.45) is 0 Å². The van der Waals surface area contributed by atoms with Crippen LogP contribution in [-0.2, 0) is 11.3 Å². The first-order chi connectivity index (χ1) is 8.23. The molecule has 0 spiro atoms. The predicted octanol–water partition coefficient (Wildman–Crippen LogP) is 2.29. The molecule has 1 aromatic rings. The molecule has 1 heterocycles. The van der Waals surface area contributed by atoms with E-state index in [1.54, 1.807) is 13.3 Å². The Balaban J connectivity index is 2.22. The molecule has 0 saturated heterocycles. The van der Waals surface area contributed by atoms with Gasteiger partial charge in [0, 0.05) is 26.0 Å². The molecule has 4 heteroatoms. The first-order valence-corrected chi connectivity index (χ1v) is 6.48. The monoisotopic (exact) mass is 238 g/mol. The van der Waals surface area contributed by atoms with Crippen LogP contribution in [0.5, 0.6) is 0 Å². The van der Waals surface area contributed by atoms with Crippen LogP contribution in [-0.4, -0.2) is 27.4 Å². The second-order valence-corrected chi connectivity index (χ2v) is 4.86. The van der Waals surface area contributed by atoms with Crippen LogP contribution in [0.4, 0.5) is 0 Å². The number of nitrogens with zero attached hydrogens (tertiary/aromatic N) is 2. The van der Waals surface area contributed by atoms with E-state index < -0.39 is 11.7 Å². The van der Waals surface area contributed by atoms with Gasteiger partial charge in [0.25, 0.3) is 0 Å². The maximum atomic E-state index is 10.6. The van der Waals surface area contributed by atoms with Crippen molar-refractivity contribution in [1.82, 2.24) is 9.55 Å². The Labute approximate surface area is 103 Å². The standard InChI is InChI=1S/C13H22N2O2/c1-3-9-15-10-8-14-12(15)11(16)13(17-2)6-4-5-7-13/h8,10-11,16H,3-7,9H2,1-2H3. The van der Waals surface area contributed by atoms with E-state index >= 15 is 0 Å². The average Bonchev–Trinajstić information content (AvgIpc) is 2.97. The summed E-state index contributed by atoms with van der Waals surface area (Å²) in [6.45, 7) is 3.02. The van der Waals surface area contributed by atoms with Crippen LogP contribution in [0.3, 0.4) is 0 Å². The number of hydrogen-bond donors (Lipinski definition) is 1. The first-order valence-electron chi connectivity index (χ1n) is 6.48. The summed E-state index contributed by atoms with van der Waals surface area (Å²) in [7, 11) is 1.70. The highest BCUT2D eigenvalue weighted by Gasteiger charge is 2.43. The molecule has 2 rings (SSSR count). The molecule has 1 unspecified atom stereocenters. The highest BCUT2D eigenvalue weighted by atomic mass is 16.5. The van der Waals surface area contributed by atoms with Crippen LogP contribution in [0, 0.1) is 0 Å².